The zero-order valence-corrected chi connectivity index (χ0v) is 14.2. The van der Waals surface area contributed by atoms with E-state index in [-0.39, 0.29) is 5.91 Å². The van der Waals surface area contributed by atoms with Gasteiger partial charge in [0.2, 0.25) is 0 Å². The molecule has 5 nitrogen and oxygen atoms in total. The third-order valence-electron chi connectivity index (χ3n) is 4.78. The zero-order valence-electron chi connectivity index (χ0n) is 14.2. The standard InChI is InChI=1S/C20H20N4O/c1-23-11-5-8-18(23)20(25)24-12-9-16-17(10-13-24)21-14-22-19(16)15-6-3-2-4-7-15/h2-8,11,14H,9-10,12-13H2,1H3. The maximum atomic E-state index is 12.8. The zero-order chi connectivity index (χ0) is 17.2. The Balaban J connectivity index is 1.62. The molecule has 126 valence electrons. The quantitative estimate of drug-likeness (QED) is 0.725. The molecule has 0 saturated carbocycles. The van der Waals surface area contributed by atoms with Gasteiger partial charge in [-0.2, -0.15) is 0 Å². The Morgan fingerprint density at radius 1 is 1.00 bits per heavy atom. The van der Waals surface area contributed by atoms with Crippen LogP contribution in [0.1, 0.15) is 21.7 Å². The summed E-state index contributed by atoms with van der Waals surface area (Å²) in [5.41, 5.74) is 5.02. The summed E-state index contributed by atoms with van der Waals surface area (Å²) < 4.78 is 1.87. The molecule has 0 bridgehead atoms. The molecule has 5 heteroatoms. The monoisotopic (exact) mass is 332 g/mol. The van der Waals surface area contributed by atoms with E-state index < -0.39 is 0 Å². The number of hydrogen-bond acceptors (Lipinski definition) is 3. The number of carbonyl (C=O) groups excluding carboxylic acids is 1. The second-order valence-electron chi connectivity index (χ2n) is 6.31. The van der Waals surface area contributed by atoms with E-state index in [9.17, 15) is 4.79 Å². The van der Waals surface area contributed by atoms with E-state index in [4.69, 9.17) is 0 Å². The molecule has 0 fully saturated rings. The molecule has 0 radical (unpaired) electrons. The van der Waals surface area contributed by atoms with E-state index in [2.05, 4.69) is 22.1 Å². The Morgan fingerprint density at radius 2 is 1.80 bits per heavy atom. The highest BCUT2D eigenvalue weighted by molar-refractivity contribution is 5.92. The Labute approximate surface area is 147 Å². The molecule has 25 heavy (non-hydrogen) atoms. The Morgan fingerprint density at radius 3 is 2.56 bits per heavy atom. The van der Waals surface area contributed by atoms with Crippen molar-refractivity contribution in [1.29, 1.82) is 0 Å². The van der Waals surface area contributed by atoms with Crippen LogP contribution in [-0.2, 0) is 19.9 Å². The van der Waals surface area contributed by atoms with E-state index in [0.717, 1.165) is 41.1 Å². The minimum atomic E-state index is 0.0783. The fraction of sp³-hybridized carbons (Fsp3) is 0.250. The molecule has 1 amide bonds. The van der Waals surface area contributed by atoms with Gasteiger partial charge in [0.1, 0.15) is 12.0 Å². The Kier molecular flexibility index (Phi) is 4.06. The van der Waals surface area contributed by atoms with Crippen LogP contribution in [0.15, 0.2) is 55.0 Å². The van der Waals surface area contributed by atoms with Gasteiger partial charge in [-0.25, -0.2) is 9.97 Å². The summed E-state index contributed by atoms with van der Waals surface area (Å²) in [6.07, 6.45) is 5.07. The number of nitrogens with zero attached hydrogens (tertiary/aromatic N) is 4. The molecular formula is C20H20N4O. The normalized spacial score (nSPS) is 14.0. The number of aromatic nitrogens is 3. The highest BCUT2D eigenvalue weighted by Gasteiger charge is 2.23. The maximum absolute atomic E-state index is 12.8. The smallest absolute Gasteiger partial charge is 0.270 e. The van der Waals surface area contributed by atoms with Crippen LogP contribution in [0.2, 0.25) is 0 Å². The van der Waals surface area contributed by atoms with Crippen LogP contribution >= 0.6 is 0 Å². The first-order valence-corrected chi connectivity index (χ1v) is 8.53. The number of benzene rings is 1. The predicted octanol–water partition coefficient (Wildman–Crippen LogP) is 2.72. The van der Waals surface area contributed by atoms with Crippen molar-refractivity contribution in [2.24, 2.45) is 7.05 Å². The SMILES string of the molecule is Cn1cccc1C(=O)N1CCc2ncnc(-c3ccccc3)c2CC1. The van der Waals surface area contributed by atoms with Crippen LogP contribution in [0, 0.1) is 0 Å². The van der Waals surface area contributed by atoms with Gasteiger partial charge in [-0.05, 0) is 18.6 Å². The highest BCUT2D eigenvalue weighted by atomic mass is 16.2. The minimum Gasteiger partial charge on any atom is -0.347 e. The molecule has 0 spiro atoms. The van der Waals surface area contributed by atoms with Gasteiger partial charge in [-0.1, -0.05) is 30.3 Å². The van der Waals surface area contributed by atoms with Crippen molar-refractivity contribution in [2.75, 3.05) is 13.1 Å². The van der Waals surface area contributed by atoms with Crippen molar-refractivity contribution in [2.45, 2.75) is 12.8 Å². The maximum Gasteiger partial charge on any atom is 0.270 e. The predicted molar refractivity (Wildman–Crippen MR) is 96.2 cm³/mol. The lowest BCUT2D eigenvalue weighted by molar-refractivity contribution is 0.0753. The third kappa shape index (κ3) is 2.93. The van der Waals surface area contributed by atoms with Crippen LogP contribution in [0.5, 0.6) is 0 Å². The van der Waals surface area contributed by atoms with Crippen LogP contribution < -0.4 is 0 Å². The molecule has 2 aromatic heterocycles. The number of amides is 1. The van der Waals surface area contributed by atoms with Gasteiger partial charge in [-0.15, -0.1) is 0 Å². The molecule has 0 unspecified atom stereocenters. The fourth-order valence-corrected chi connectivity index (χ4v) is 3.42. The lowest BCUT2D eigenvalue weighted by atomic mass is 10.0. The molecule has 3 heterocycles. The van der Waals surface area contributed by atoms with E-state index >= 15 is 0 Å². The van der Waals surface area contributed by atoms with Gasteiger partial charge in [0.05, 0.1) is 5.69 Å². The first-order chi connectivity index (χ1) is 12.2. The molecule has 1 aliphatic heterocycles. The van der Waals surface area contributed by atoms with Gasteiger partial charge < -0.3 is 9.47 Å². The van der Waals surface area contributed by atoms with Crippen LogP contribution in [0.3, 0.4) is 0 Å². The lowest BCUT2D eigenvalue weighted by Crippen LogP contribution is -2.34. The molecule has 0 atom stereocenters. The van der Waals surface area contributed by atoms with Crippen molar-refractivity contribution in [3.63, 3.8) is 0 Å². The summed E-state index contributed by atoms with van der Waals surface area (Å²) in [7, 11) is 1.90. The van der Waals surface area contributed by atoms with Gasteiger partial charge in [0.25, 0.3) is 5.91 Å². The molecule has 0 aliphatic carbocycles. The topological polar surface area (TPSA) is 51.0 Å². The van der Waals surface area contributed by atoms with Gasteiger partial charge in [0.15, 0.2) is 0 Å². The van der Waals surface area contributed by atoms with Crippen molar-refractivity contribution in [3.8, 4) is 11.3 Å². The molecule has 1 aliphatic rings. The van der Waals surface area contributed by atoms with Crippen molar-refractivity contribution in [1.82, 2.24) is 19.4 Å². The van der Waals surface area contributed by atoms with E-state index in [1.165, 1.54) is 0 Å². The van der Waals surface area contributed by atoms with E-state index in [1.807, 2.05) is 53.0 Å². The molecule has 1 aromatic carbocycles. The number of fused-ring (bicyclic) bond motifs is 1. The second-order valence-corrected chi connectivity index (χ2v) is 6.31. The average molecular weight is 332 g/mol. The van der Waals surface area contributed by atoms with Gasteiger partial charge in [-0.3, -0.25) is 4.79 Å². The summed E-state index contributed by atoms with van der Waals surface area (Å²) in [5, 5.41) is 0. The Bertz CT molecular complexity index is 901. The molecule has 3 aromatic rings. The van der Waals surface area contributed by atoms with Crippen molar-refractivity contribution < 1.29 is 4.79 Å². The van der Waals surface area contributed by atoms with Crippen LogP contribution in [0.25, 0.3) is 11.3 Å². The van der Waals surface area contributed by atoms with E-state index in [0.29, 0.717) is 13.1 Å². The minimum absolute atomic E-state index is 0.0783. The van der Waals surface area contributed by atoms with Crippen LogP contribution in [-0.4, -0.2) is 38.4 Å². The number of aryl methyl sites for hydroxylation is 1. The van der Waals surface area contributed by atoms with Crippen LogP contribution in [0.4, 0.5) is 0 Å². The third-order valence-corrected chi connectivity index (χ3v) is 4.78. The first-order valence-electron chi connectivity index (χ1n) is 8.53. The average Bonchev–Trinajstić information content (AvgIpc) is 2.96. The largest absolute Gasteiger partial charge is 0.347 e. The van der Waals surface area contributed by atoms with Crippen molar-refractivity contribution >= 4 is 5.91 Å². The highest BCUT2D eigenvalue weighted by Crippen LogP contribution is 2.26. The number of hydrogen-bond donors (Lipinski definition) is 0. The molecule has 0 saturated heterocycles. The van der Waals surface area contributed by atoms with Gasteiger partial charge in [0, 0.05) is 49.6 Å². The molecular weight excluding hydrogens is 312 g/mol. The lowest BCUT2D eigenvalue weighted by Gasteiger charge is -2.20. The summed E-state index contributed by atoms with van der Waals surface area (Å²) in [6, 6.07) is 14.0. The van der Waals surface area contributed by atoms with E-state index in [1.54, 1.807) is 6.33 Å². The Hall–Kier alpha value is -2.95. The first kappa shape index (κ1) is 15.6. The fourth-order valence-electron chi connectivity index (χ4n) is 3.42. The second kappa shape index (κ2) is 6.51. The summed E-state index contributed by atoms with van der Waals surface area (Å²) in [5.74, 6) is 0.0783. The number of rotatable bonds is 2. The summed E-state index contributed by atoms with van der Waals surface area (Å²) in [4.78, 5) is 23.7. The number of carbonyl (C=O) groups is 1. The summed E-state index contributed by atoms with van der Waals surface area (Å²) >= 11 is 0. The molecule has 4 rings (SSSR count). The van der Waals surface area contributed by atoms with Crippen molar-refractivity contribution in [3.05, 3.63) is 71.9 Å². The molecule has 0 N–H and O–H groups in total. The summed E-state index contributed by atoms with van der Waals surface area (Å²) in [6.45, 7) is 1.37. The van der Waals surface area contributed by atoms with Gasteiger partial charge >= 0.3 is 0 Å².